The minimum absolute atomic E-state index is 0.00317. The van der Waals surface area contributed by atoms with Gasteiger partial charge in [0.1, 0.15) is 0 Å². The molecular formula is C19H18N2. The number of rotatable bonds is 0. The highest BCUT2D eigenvalue weighted by Crippen LogP contribution is 2.48. The first-order valence-electron chi connectivity index (χ1n) is 7.72. The zero-order valence-corrected chi connectivity index (χ0v) is 12.2. The minimum Gasteiger partial charge on any atom is -0.356 e. The molecule has 0 saturated carbocycles. The number of benzene rings is 2. The topological polar surface area (TPSA) is 19.0 Å². The van der Waals surface area contributed by atoms with Crippen molar-refractivity contribution in [1.82, 2.24) is 9.88 Å². The molecule has 1 N–H and O–H groups in total. The number of nitrogens with zero attached hydrogens (tertiary/aromatic N) is 1. The average molecular weight is 274 g/mol. The molecule has 0 bridgehead atoms. The summed E-state index contributed by atoms with van der Waals surface area (Å²) >= 11 is 0. The van der Waals surface area contributed by atoms with Crippen LogP contribution in [0.15, 0.2) is 48.5 Å². The SMILES string of the molecule is CC12c3ccccc3CN1CCc1c2[nH]c2ccccc12. The normalized spacial score (nSPS) is 23.9. The van der Waals surface area contributed by atoms with Gasteiger partial charge in [-0.3, -0.25) is 4.90 Å². The molecule has 1 aromatic heterocycles. The highest BCUT2D eigenvalue weighted by atomic mass is 15.2. The number of aromatic nitrogens is 1. The fourth-order valence-electron chi connectivity index (χ4n) is 4.38. The van der Waals surface area contributed by atoms with E-state index < -0.39 is 0 Å². The van der Waals surface area contributed by atoms with E-state index in [4.69, 9.17) is 0 Å². The zero-order chi connectivity index (χ0) is 14.0. The maximum atomic E-state index is 3.73. The lowest BCUT2D eigenvalue weighted by Crippen LogP contribution is -2.44. The third-order valence-corrected chi connectivity index (χ3v) is 5.47. The second-order valence-electron chi connectivity index (χ2n) is 6.43. The van der Waals surface area contributed by atoms with Crippen molar-refractivity contribution in [3.63, 3.8) is 0 Å². The summed E-state index contributed by atoms with van der Waals surface area (Å²) in [6.45, 7) is 4.59. The van der Waals surface area contributed by atoms with Crippen molar-refractivity contribution in [2.24, 2.45) is 0 Å². The molecule has 1 unspecified atom stereocenters. The summed E-state index contributed by atoms with van der Waals surface area (Å²) in [5, 5.41) is 1.40. The molecule has 0 radical (unpaired) electrons. The van der Waals surface area contributed by atoms with Gasteiger partial charge in [-0.1, -0.05) is 42.5 Å². The molecule has 2 aliphatic rings. The summed E-state index contributed by atoms with van der Waals surface area (Å²) in [5.74, 6) is 0. The molecule has 104 valence electrons. The smallest absolute Gasteiger partial charge is 0.0847 e. The van der Waals surface area contributed by atoms with E-state index in [-0.39, 0.29) is 5.54 Å². The average Bonchev–Trinajstić information content (AvgIpc) is 3.03. The molecule has 1 atom stereocenters. The molecular weight excluding hydrogens is 256 g/mol. The zero-order valence-electron chi connectivity index (χ0n) is 12.2. The first kappa shape index (κ1) is 11.6. The van der Waals surface area contributed by atoms with Gasteiger partial charge in [-0.25, -0.2) is 0 Å². The summed E-state index contributed by atoms with van der Waals surface area (Å²) < 4.78 is 0. The molecule has 21 heavy (non-hydrogen) atoms. The Morgan fingerprint density at radius 3 is 2.81 bits per heavy atom. The van der Waals surface area contributed by atoms with Crippen LogP contribution in [0.5, 0.6) is 0 Å². The van der Waals surface area contributed by atoms with Gasteiger partial charge in [0.15, 0.2) is 0 Å². The standard InChI is InChI=1S/C19H18N2/c1-19-16-8-4-2-6-13(16)12-21(19)11-10-15-14-7-3-5-9-17(14)20-18(15)19/h2-9,20H,10-12H2,1H3. The summed E-state index contributed by atoms with van der Waals surface area (Å²) in [5.41, 5.74) is 7.14. The molecule has 2 heteroatoms. The van der Waals surface area contributed by atoms with Gasteiger partial charge >= 0.3 is 0 Å². The molecule has 2 aromatic carbocycles. The highest BCUT2D eigenvalue weighted by Gasteiger charge is 2.47. The van der Waals surface area contributed by atoms with Crippen LogP contribution in [0.4, 0.5) is 0 Å². The van der Waals surface area contributed by atoms with Crippen molar-refractivity contribution >= 4 is 10.9 Å². The van der Waals surface area contributed by atoms with Crippen molar-refractivity contribution in [1.29, 1.82) is 0 Å². The van der Waals surface area contributed by atoms with E-state index in [2.05, 4.69) is 65.3 Å². The van der Waals surface area contributed by atoms with Crippen LogP contribution < -0.4 is 0 Å². The Morgan fingerprint density at radius 1 is 1.05 bits per heavy atom. The van der Waals surface area contributed by atoms with Gasteiger partial charge in [-0.2, -0.15) is 0 Å². The van der Waals surface area contributed by atoms with Gasteiger partial charge in [0, 0.05) is 29.7 Å². The van der Waals surface area contributed by atoms with Crippen molar-refractivity contribution in [2.45, 2.75) is 25.4 Å². The third kappa shape index (κ3) is 1.31. The molecule has 0 fully saturated rings. The number of hydrogen-bond donors (Lipinski definition) is 1. The van der Waals surface area contributed by atoms with E-state index in [0.717, 1.165) is 19.5 Å². The number of para-hydroxylation sites is 1. The van der Waals surface area contributed by atoms with E-state index >= 15 is 0 Å². The fourth-order valence-corrected chi connectivity index (χ4v) is 4.38. The second-order valence-corrected chi connectivity index (χ2v) is 6.43. The number of aromatic amines is 1. The van der Waals surface area contributed by atoms with Crippen molar-refractivity contribution < 1.29 is 0 Å². The Hall–Kier alpha value is -2.06. The predicted octanol–water partition coefficient (Wildman–Crippen LogP) is 3.80. The fraction of sp³-hybridized carbons (Fsp3) is 0.263. The number of hydrogen-bond acceptors (Lipinski definition) is 1. The minimum atomic E-state index is 0.00317. The molecule has 5 rings (SSSR count). The van der Waals surface area contributed by atoms with Gasteiger partial charge < -0.3 is 4.98 Å². The lowest BCUT2D eigenvalue weighted by atomic mass is 9.83. The molecule has 0 saturated heterocycles. The molecule has 2 nitrogen and oxygen atoms in total. The van der Waals surface area contributed by atoms with Crippen LogP contribution in [0.1, 0.15) is 29.3 Å². The van der Waals surface area contributed by atoms with Crippen LogP contribution in [0, 0.1) is 0 Å². The third-order valence-electron chi connectivity index (χ3n) is 5.47. The first-order chi connectivity index (χ1) is 10.3. The molecule has 0 amide bonds. The molecule has 3 aromatic rings. The summed E-state index contributed by atoms with van der Waals surface area (Å²) in [6, 6.07) is 17.6. The summed E-state index contributed by atoms with van der Waals surface area (Å²) in [4.78, 5) is 6.35. The Kier molecular flexibility index (Phi) is 2.08. The monoisotopic (exact) mass is 274 g/mol. The van der Waals surface area contributed by atoms with Gasteiger partial charge in [0.2, 0.25) is 0 Å². The van der Waals surface area contributed by atoms with Crippen LogP contribution in [0.2, 0.25) is 0 Å². The van der Waals surface area contributed by atoms with Gasteiger partial charge in [-0.15, -0.1) is 0 Å². The molecule has 0 aliphatic carbocycles. The summed E-state index contributed by atoms with van der Waals surface area (Å²) in [7, 11) is 0. The maximum absolute atomic E-state index is 3.73. The van der Waals surface area contributed by atoms with E-state index in [0.29, 0.717) is 0 Å². The second kappa shape index (κ2) is 3.77. The Balaban J connectivity index is 1.85. The van der Waals surface area contributed by atoms with Gasteiger partial charge in [0.25, 0.3) is 0 Å². The number of H-pyrrole nitrogens is 1. The highest BCUT2D eigenvalue weighted by molar-refractivity contribution is 5.85. The van der Waals surface area contributed by atoms with E-state index in [1.807, 2.05) is 0 Å². The molecule has 3 heterocycles. The molecule has 0 spiro atoms. The molecule has 2 aliphatic heterocycles. The van der Waals surface area contributed by atoms with E-state index in [1.165, 1.54) is 33.3 Å². The number of fused-ring (bicyclic) bond motifs is 7. The van der Waals surface area contributed by atoms with Crippen molar-refractivity contribution in [2.75, 3.05) is 6.54 Å². The van der Waals surface area contributed by atoms with Gasteiger partial charge in [0.05, 0.1) is 5.54 Å². The van der Waals surface area contributed by atoms with Crippen LogP contribution in [0.25, 0.3) is 10.9 Å². The summed E-state index contributed by atoms with van der Waals surface area (Å²) in [6.07, 6.45) is 1.14. The largest absolute Gasteiger partial charge is 0.356 e. The first-order valence-corrected chi connectivity index (χ1v) is 7.72. The van der Waals surface area contributed by atoms with Crippen LogP contribution in [0.3, 0.4) is 0 Å². The van der Waals surface area contributed by atoms with Crippen molar-refractivity contribution in [3.8, 4) is 0 Å². The van der Waals surface area contributed by atoms with Crippen LogP contribution in [-0.4, -0.2) is 16.4 Å². The van der Waals surface area contributed by atoms with E-state index in [1.54, 1.807) is 0 Å². The van der Waals surface area contributed by atoms with E-state index in [9.17, 15) is 0 Å². The Bertz CT molecular complexity index is 861. The lowest BCUT2D eigenvalue weighted by Gasteiger charge is -2.40. The van der Waals surface area contributed by atoms with Crippen molar-refractivity contribution in [3.05, 3.63) is 70.9 Å². The van der Waals surface area contributed by atoms with Gasteiger partial charge in [-0.05, 0) is 36.1 Å². The predicted molar refractivity (Wildman–Crippen MR) is 85.3 cm³/mol. The number of nitrogens with one attached hydrogen (secondary N) is 1. The lowest BCUT2D eigenvalue weighted by molar-refractivity contribution is 0.141. The quantitative estimate of drug-likeness (QED) is 0.660. The van der Waals surface area contributed by atoms with Crippen LogP contribution >= 0.6 is 0 Å². The maximum Gasteiger partial charge on any atom is 0.0847 e. The Labute approximate surface area is 124 Å². The van der Waals surface area contributed by atoms with Crippen LogP contribution in [-0.2, 0) is 18.5 Å². The Morgan fingerprint density at radius 2 is 1.86 bits per heavy atom.